The van der Waals surface area contributed by atoms with E-state index in [4.69, 9.17) is 0 Å². The number of ketones is 1. The van der Waals surface area contributed by atoms with Crippen molar-refractivity contribution in [3.63, 3.8) is 0 Å². The van der Waals surface area contributed by atoms with Crippen LogP contribution in [0.15, 0.2) is 50.3 Å². The van der Waals surface area contributed by atoms with Crippen molar-refractivity contribution in [2.24, 2.45) is 15.2 Å². The molecule has 306 valence electrons. The van der Waals surface area contributed by atoms with Gasteiger partial charge < -0.3 is 14.9 Å². The van der Waals surface area contributed by atoms with Crippen LogP contribution in [0, 0.1) is 10.8 Å². The Labute approximate surface area is 322 Å². The van der Waals surface area contributed by atoms with Crippen LogP contribution in [-0.2, 0) is 35.7 Å². The fraction of sp³-hybridized carbons (Fsp3) is 0.579. The summed E-state index contributed by atoms with van der Waals surface area (Å²) in [6.45, 7) is 16.6. The molecule has 0 aromatic heterocycles. The molecule has 0 spiro atoms. The van der Waals surface area contributed by atoms with Gasteiger partial charge in [0.25, 0.3) is 0 Å². The number of halogens is 6. The van der Waals surface area contributed by atoms with E-state index in [9.17, 15) is 53.1 Å². The van der Waals surface area contributed by atoms with Gasteiger partial charge in [-0.1, -0.05) is 55.4 Å². The zero-order chi connectivity index (χ0) is 41.7. The first-order valence-corrected chi connectivity index (χ1v) is 21.2. The predicted molar refractivity (Wildman–Crippen MR) is 200 cm³/mol. The molecule has 1 aromatic rings. The normalized spacial score (nSPS) is 26.1. The molecule has 10 nitrogen and oxygen atoms in total. The van der Waals surface area contributed by atoms with Crippen LogP contribution in [-0.4, -0.2) is 75.5 Å². The zero-order valence-electron chi connectivity index (χ0n) is 32.2. The van der Waals surface area contributed by atoms with Crippen LogP contribution in [0.1, 0.15) is 97.8 Å². The highest BCUT2D eigenvalue weighted by Crippen LogP contribution is 2.58. The first-order valence-electron chi connectivity index (χ1n) is 18.3. The van der Waals surface area contributed by atoms with Gasteiger partial charge in [-0.3, -0.25) is 9.52 Å². The number of anilines is 2. The number of nitrogens with one attached hydrogen (secondary N) is 1. The molecular formula is C38H44F6N4O6S2. The Morgan fingerprint density at radius 1 is 0.750 bits per heavy atom. The van der Waals surface area contributed by atoms with Gasteiger partial charge in [-0.05, 0) is 70.6 Å². The Morgan fingerprint density at radius 2 is 1.29 bits per heavy atom. The summed E-state index contributed by atoms with van der Waals surface area (Å²) < 4.78 is 141. The molecule has 1 aromatic carbocycles. The lowest BCUT2D eigenvalue weighted by Crippen LogP contribution is -2.48. The molecule has 2 N–H and O–H groups in total. The Balaban J connectivity index is 1.58. The molecule has 0 amide bonds. The topological polar surface area (TPSA) is 136 Å². The maximum Gasteiger partial charge on any atom is 0.518 e. The molecule has 6 aliphatic rings. The van der Waals surface area contributed by atoms with Crippen molar-refractivity contribution in [1.82, 2.24) is 4.90 Å². The van der Waals surface area contributed by atoms with Gasteiger partial charge in [-0.25, -0.2) is 0 Å². The minimum atomic E-state index is -6.21. The molecule has 1 fully saturated rings. The van der Waals surface area contributed by atoms with E-state index in [1.807, 2.05) is 37.5 Å². The standard InChI is InChI=1S/C38H44F6N4O6S2/c1-33(2)9-13-47-15-11-35(5,6)25-27(45-55(51,52)37(39,40)41)19(17-21(33)29(25)47)23-31(49)24(32(23)50)20-18-22-30-26(28(20)46-56(53,54)38(42,43)44)36(7,8)12-16-48(30)14-10-34(22,3)4/h17-18,45,49H,9-16H2,1-8H3/b24-20+,46-28?. The van der Waals surface area contributed by atoms with Crippen LogP contribution in [0.2, 0.25) is 0 Å². The summed E-state index contributed by atoms with van der Waals surface area (Å²) in [6, 6.07) is 1.40. The van der Waals surface area contributed by atoms with Crippen LogP contribution in [0.25, 0.3) is 5.57 Å². The maximum absolute atomic E-state index is 14.7. The second-order valence-corrected chi connectivity index (χ2v) is 21.4. The summed E-state index contributed by atoms with van der Waals surface area (Å²) in [7, 11) is -12.3. The lowest BCUT2D eigenvalue weighted by atomic mass is 9.62. The van der Waals surface area contributed by atoms with Crippen LogP contribution in [0.3, 0.4) is 0 Å². The number of alkyl halides is 6. The van der Waals surface area contributed by atoms with Gasteiger partial charge in [-0.15, -0.1) is 0 Å². The number of aliphatic hydroxyl groups excluding tert-OH is 1. The summed E-state index contributed by atoms with van der Waals surface area (Å²) in [6.07, 6.45) is 3.36. The van der Waals surface area contributed by atoms with E-state index < -0.39 is 86.8 Å². The number of rotatable bonds is 4. The third-order valence-electron chi connectivity index (χ3n) is 12.6. The van der Waals surface area contributed by atoms with Gasteiger partial charge in [-0.2, -0.15) is 47.6 Å². The maximum atomic E-state index is 14.7. The number of hydrogen-bond donors (Lipinski definition) is 2. The average Bonchev–Trinajstić information content (AvgIpc) is 3.03. The summed E-state index contributed by atoms with van der Waals surface area (Å²) in [4.78, 5) is 18.6. The van der Waals surface area contributed by atoms with E-state index >= 15 is 0 Å². The molecule has 4 heterocycles. The summed E-state index contributed by atoms with van der Waals surface area (Å²) >= 11 is 0. The van der Waals surface area contributed by atoms with Gasteiger partial charge in [0.05, 0.1) is 22.5 Å². The van der Waals surface area contributed by atoms with Crippen molar-refractivity contribution >= 4 is 48.5 Å². The van der Waals surface area contributed by atoms with Gasteiger partial charge in [0.1, 0.15) is 5.76 Å². The zero-order valence-corrected chi connectivity index (χ0v) is 33.9. The minimum Gasteiger partial charge on any atom is -0.506 e. The van der Waals surface area contributed by atoms with E-state index in [0.717, 1.165) is 0 Å². The number of piperidine rings is 1. The molecule has 0 saturated carbocycles. The third-order valence-corrected chi connectivity index (χ3v) is 14.6. The van der Waals surface area contributed by atoms with Crippen molar-refractivity contribution in [1.29, 1.82) is 0 Å². The number of carbonyl (C=O) groups excluding carboxylic acids is 1. The van der Waals surface area contributed by atoms with Gasteiger partial charge in [0.2, 0.25) is 5.78 Å². The molecular weight excluding hydrogens is 787 g/mol. The van der Waals surface area contributed by atoms with Crippen LogP contribution in [0.4, 0.5) is 37.7 Å². The number of benzene rings is 1. The van der Waals surface area contributed by atoms with Gasteiger partial charge in [0.15, 0.2) is 0 Å². The Bertz CT molecular complexity index is 2400. The minimum absolute atomic E-state index is 0.152. The molecule has 0 radical (unpaired) electrons. The molecule has 0 atom stereocenters. The number of nitrogens with zero attached hydrogens (tertiary/aromatic N) is 3. The highest BCUT2D eigenvalue weighted by Gasteiger charge is 2.54. The first-order chi connectivity index (χ1) is 25.3. The van der Waals surface area contributed by atoms with Crippen molar-refractivity contribution in [3.8, 4) is 0 Å². The molecule has 0 bridgehead atoms. The second-order valence-electron chi connectivity index (χ2n) is 18.1. The molecule has 4 aliphatic heterocycles. The van der Waals surface area contributed by atoms with Crippen molar-refractivity contribution in [2.75, 3.05) is 35.8 Å². The Kier molecular flexibility index (Phi) is 8.57. The molecule has 2 aliphatic carbocycles. The lowest BCUT2D eigenvalue weighted by Gasteiger charge is -2.52. The average molecular weight is 831 g/mol. The van der Waals surface area contributed by atoms with Crippen molar-refractivity contribution < 1.29 is 53.1 Å². The summed E-state index contributed by atoms with van der Waals surface area (Å²) in [5, 5.41) is 12.0. The molecule has 0 unspecified atom stereocenters. The second kappa shape index (κ2) is 11.9. The monoisotopic (exact) mass is 830 g/mol. The number of sulfonamides is 2. The number of aliphatic hydroxyl groups is 1. The van der Waals surface area contributed by atoms with Crippen molar-refractivity contribution in [2.45, 2.75) is 103 Å². The number of carbonyl (C=O) groups is 1. The van der Waals surface area contributed by atoms with E-state index in [0.29, 0.717) is 74.4 Å². The fourth-order valence-corrected chi connectivity index (χ4v) is 10.2. The van der Waals surface area contributed by atoms with E-state index in [1.54, 1.807) is 32.4 Å². The van der Waals surface area contributed by atoms with Gasteiger partial charge >= 0.3 is 31.1 Å². The van der Waals surface area contributed by atoms with E-state index in [1.165, 1.54) is 12.1 Å². The molecule has 56 heavy (non-hydrogen) atoms. The predicted octanol–water partition coefficient (Wildman–Crippen LogP) is 7.91. The van der Waals surface area contributed by atoms with E-state index in [2.05, 4.69) is 4.40 Å². The lowest BCUT2D eigenvalue weighted by molar-refractivity contribution is -0.111. The highest BCUT2D eigenvalue weighted by atomic mass is 32.2. The van der Waals surface area contributed by atoms with Crippen LogP contribution < -0.4 is 9.62 Å². The summed E-state index contributed by atoms with van der Waals surface area (Å²) in [5.41, 5.74) is -15.3. The molecule has 7 rings (SSSR count). The van der Waals surface area contributed by atoms with Crippen LogP contribution in [0.5, 0.6) is 0 Å². The number of hydrogen-bond acceptors (Lipinski definition) is 8. The van der Waals surface area contributed by atoms with Crippen LogP contribution >= 0.6 is 0 Å². The Morgan fingerprint density at radius 3 is 1.84 bits per heavy atom. The quantitative estimate of drug-likeness (QED) is 0.231. The summed E-state index contributed by atoms with van der Waals surface area (Å²) in [5.74, 6) is -1.88. The highest BCUT2D eigenvalue weighted by molar-refractivity contribution is 7.93. The smallest absolute Gasteiger partial charge is 0.506 e. The molecule has 1 saturated heterocycles. The molecule has 18 heteroatoms. The fourth-order valence-electron chi connectivity index (χ4n) is 9.03. The first kappa shape index (κ1) is 40.4. The number of allylic oxidation sites excluding steroid dienone is 6. The third kappa shape index (κ3) is 5.84. The van der Waals surface area contributed by atoms with Gasteiger partial charge in [0, 0.05) is 59.8 Å². The Hall–Kier alpha value is -3.80. The number of Topliss-reactive ketones (excluding diaryl/α,β-unsaturated/α-hetero) is 1. The largest absolute Gasteiger partial charge is 0.518 e. The van der Waals surface area contributed by atoms with E-state index in [-0.39, 0.29) is 22.3 Å². The SMILES string of the molecule is CC1(C)CCN2CCC(C)(C)C3=C2C1=C/C(=C1\C(=O)C(c2cc4c5c(c2NS(=O)(=O)C(F)(F)F)C(C)(C)CCN5CCC4(C)C)=C1O)C3=NS(=O)(=O)C(F)(F)F. The van der Waals surface area contributed by atoms with Crippen molar-refractivity contribution in [3.05, 3.63) is 62.6 Å².